The molecule has 1 aliphatic rings. The van der Waals surface area contributed by atoms with Gasteiger partial charge in [0, 0.05) is 0 Å². The van der Waals surface area contributed by atoms with Crippen molar-refractivity contribution >= 4 is 0 Å². The van der Waals surface area contributed by atoms with E-state index >= 15 is 0 Å². The highest BCUT2D eigenvalue weighted by atomic mass is 15.2. The van der Waals surface area contributed by atoms with Gasteiger partial charge in [-0.3, -0.25) is 5.10 Å². The van der Waals surface area contributed by atoms with Crippen molar-refractivity contribution in [3.05, 3.63) is 11.6 Å². The van der Waals surface area contributed by atoms with E-state index in [2.05, 4.69) is 20.5 Å². The van der Waals surface area contributed by atoms with Gasteiger partial charge in [0.1, 0.15) is 5.82 Å². The first-order valence-electron chi connectivity index (χ1n) is 3.48. The minimum absolute atomic E-state index is 0.407. The lowest BCUT2D eigenvalue weighted by molar-refractivity contribution is 0.367. The molecule has 2 heterocycles. The zero-order valence-electron chi connectivity index (χ0n) is 5.89. The first-order valence-corrected chi connectivity index (χ1v) is 3.48. The van der Waals surface area contributed by atoms with Crippen molar-refractivity contribution in [3.63, 3.8) is 0 Å². The third kappa shape index (κ3) is 0.806. The number of hydrogen-bond donors (Lipinski definition) is 2. The van der Waals surface area contributed by atoms with E-state index in [4.69, 9.17) is 0 Å². The van der Waals surface area contributed by atoms with Crippen LogP contribution < -0.4 is 5.32 Å². The molecule has 1 aliphatic heterocycles. The summed E-state index contributed by atoms with van der Waals surface area (Å²) in [7, 11) is 0. The number of hydrogen-bond acceptors (Lipinski definition) is 3. The quantitative estimate of drug-likeness (QED) is 0.580. The molecule has 1 fully saturated rings. The van der Waals surface area contributed by atoms with Gasteiger partial charge < -0.3 is 5.32 Å². The molecule has 4 heteroatoms. The van der Waals surface area contributed by atoms with Gasteiger partial charge in [0.25, 0.3) is 0 Å². The van der Waals surface area contributed by atoms with Gasteiger partial charge in [-0.15, -0.1) is 0 Å². The molecule has 54 valence electrons. The van der Waals surface area contributed by atoms with Crippen LogP contribution in [0, 0.1) is 6.92 Å². The fraction of sp³-hybridized carbons (Fsp3) is 0.667. The average molecular weight is 138 g/mol. The molecule has 10 heavy (non-hydrogen) atoms. The molecule has 1 saturated heterocycles. The van der Waals surface area contributed by atoms with Crippen LogP contribution in [0.2, 0.25) is 0 Å². The Morgan fingerprint density at radius 1 is 1.60 bits per heavy atom. The minimum atomic E-state index is 0.407. The van der Waals surface area contributed by atoms with Crippen molar-refractivity contribution in [1.82, 2.24) is 20.5 Å². The number of aryl methyl sites for hydroxylation is 1. The van der Waals surface area contributed by atoms with Crippen LogP contribution in [0.4, 0.5) is 0 Å². The molecule has 0 saturated carbocycles. The normalized spacial score (nSPS) is 24.3. The number of H-pyrrole nitrogens is 1. The highest BCUT2D eigenvalue weighted by molar-refractivity contribution is 4.99. The fourth-order valence-electron chi connectivity index (χ4n) is 1.02. The molecule has 4 nitrogen and oxygen atoms in total. The second-order valence-electron chi connectivity index (χ2n) is 2.57. The lowest BCUT2D eigenvalue weighted by atomic mass is 10.1. The monoisotopic (exact) mass is 138 g/mol. The summed E-state index contributed by atoms with van der Waals surface area (Å²) in [5, 5.41) is 10.1. The van der Waals surface area contributed by atoms with E-state index in [-0.39, 0.29) is 0 Å². The standard InChI is InChI=1S/C6H10N4/c1-4-8-6(10-9-4)5-2-3-7-5/h5,7H,2-3H2,1H3,(H,8,9,10)/t5-/m0/s1. The Kier molecular flexibility index (Phi) is 1.20. The molecule has 2 N–H and O–H groups in total. The van der Waals surface area contributed by atoms with Gasteiger partial charge in [-0.05, 0) is 19.9 Å². The summed E-state index contributed by atoms with van der Waals surface area (Å²) in [6.45, 7) is 3.01. The number of rotatable bonds is 1. The number of nitrogens with zero attached hydrogens (tertiary/aromatic N) is 2. The molecule has 0 amide bonds. The van der Waals surface area contributed by atoms with Crippen molar-refractivity contribution in [2.75, 3.05) is 6.54 Å². The third-order valence-corrected chi connectivity index (χ3v) is 1.75. The van der Waals surface area contributed by atoms with Crippen LogP contribution in [0.15, 0.2) is 0 Å². The second-order valence-corrected chi connectivity index (χ2v) is 2.57. The van der Waals surface area contributed by atoms with E-state index in [1.54, 1.807) is 0 Å². The van der Waals surface area contributed by atoms with Crippen LogP contribution in [0.5, 0.6) is 0 Å². The summed E-state index contributed by atoms with van der Waals surface area (Å²) in [5.41, 5.74) is 0. The maximum atomic E-state index is 4.20. The molecule has 1 atom stereocenters. The van der Waals surface area contributed by atoms with Crippen molar-refractivity contribution in [2.45, 2.75) is 19.4 Å². The largest absolute Gasteiger partial charge is 0.307 e. The Morgan fingerprint density at radius 3 is 2.80 bits per heavy atom. The Morgan fingerprint density at radius 2 is 2.40 bits per heavy atom. The van der Waals surface area contributed by atoms with E-state index in [1.165, 1.54) is 0 Å². The van der Waals surface area contributed by atoms with E-state index < -0.39 is 0 Å². The van der Waals surface area contributed by atoms with E-state index in [1.807, 2.05) is 6.92 Å². The molecular formula is C6H10N4. The van der Waals surface area contributed by atoms with Gasteiger partial charge in [-0.1, -0.05) is 0 Å². The molecule has 0 bridgehead atoms. The van der Waals surface area contributed by atoms with Crippen LogP contribution in [-0.4, -0.2) is 21.7 Å². The van der Waals surface area contributed by atoms with Gasteiger partial charge >= 0.3 is 0 Å². The topological polar surface area (TPSA) is 53.6 Å². The lowest BCUT2D eigenvalue weighted by Crippen LogP contribution is -2.35. The summed E-state index contributed by atoms with van der Waals surface area (Å²) in [4.78, 5) is 4.20. The Balaban J connectivity index is 2.17. The third-order valence-electron chi connectivity index (χ3n) is 1.75. The fourth-order valence-corrected chi connectivity index (χ4v) is 1.02. The summed E-state index contributed by atoms with van der Waals surface area (Å²) in [6, 6.07) is 0.407. The van der Waals surface area contributed by atoms with Crippen LogP contribution in [0.25, 0.3) is 0 Å². The molecular weight excluding hydrogens is 128 g/mol. The van der Waals surface area contributed by atoms with Crippen molar-refractivity contribution in [2.24, 2.45) is 0 Å². The summed E-state index contributed by atoms with van der Waals surface area (Å²) in [5.74, 6) is 1.80. The molecule has 2 rings (SSSR count). The molecule has 0 unspecified atom stereocenters. The predicted molar refractivity (Wildman–Crippen MR) is 36.5 cm³/mol. The van der Waals surface area contributed by atoms with Gasteiger partial charge in [0.2, 0.25) is 0 Å². The smallest absolute Gasteiger partial charge is 0.167 e. The highest BCUT2D eigenvalue weighted by Gasteiger charge is 2.21. The maximum absolute atomic E-state index is 4.20. The maximum Gasteiger partial charge on any atom is 0.167 e. The number of aromatic amines is 1. The van der Waals surface area contributed by atoms with E-state index in [9.17, 15) is 0 Å². The molecule has 1 aromatic heterocycles. The lowest BCUT2D eigenvalue weighted by Gasteiger charge is -2.24. The minimum Gasteiger partial charge on any atom is -0.307 e. The van der Waals surface area contributed by atoms with Crippen molar-refractivity contribution in [3.8, 4) is 0 Å². The Bertz CT molecular complexity index is 225. The molecule has 1 aromatic rings. The molecule has 0 aromatic carbocycles. The Hall–Kier alpha value is -0.900. The Labute approximate surface area is 59.1 Å². The van der Waals surface area contributed by atoms with E-state index in [0.29, 0.717) is 6.04 Å². The average Bonchev–Trinajstić information content (AvgIpc) is 2.10. The summed E-state index contributed by atoms with van der Waals surface area (Å²) >= 11 is 0. The van der Waals surface area contributed by atoms with Crippen LogP contribution >= 0.6 is 0 Å². The summed E-state index contributed by atoms with van der Waals surface area (Å²) in [6.07, 6.45) is 1.16. The molecule has 0 spiro atoms. The number of nitrogens with one attached hydrogen (secondary N) is 2. The van der Waals surface area contributed by atoms with Crippen LogP contribution in [0.1, 0.15) is 24.1 Å². The molecule has 0 aliphatic carbocycles. The van der Waals surface area contributed by atoms with E-state index in [0.717, 1.165) is 24.6 Å². The van der Waals surface area contributed by atoms with Gasteiger partial charge in [0.15, 0.2) is 5.82 Å². The highest BCUT2D eigenvalue weighted by Crippen LogP contribution is 2.18. The zero-order chi connectivity index (χ0) is 6.97. The van der Waals surface area contributed by atoms with Crippen molar-refractivity contribution in [1.29, 1.82) is 0 Å². The summed E-state index contributed by atoms with van der Waals surface area (Å²) < 4.78 is 0. The SMILES string of the molecule is Cc1nc([C@@H]2CCN2)n[nH]1. The van der Waals surface area contributed by atoms with Crippen molar-refractivity contribution < 1.29 is 0 Å². The van der Waals surface area contributed by atoms with Gasteiger partial charge in [-0.2, -0.15) is 5.10 Å². The van der Waals surface area contributed by atoms with Gasteiger partial charge in [0.05, 0.1) is 6.04 Å². The first kappa shape index (κ1) is 5.85. The van der Waals surface area contributed by atoms with Crippen LogP contribution in [-0.2, 0) is 0 Å². The molecule has 0 radical (unpaired) electrons. The number of aromatic nitrogens is 3. The van der Waals surface area contributed by atoms with Crippen LogP contribution in [0.3, 0.4) is 0 Å². The van der Waals surface area contributed by atoms with Gasteiger partial charge in [-0.25, -0.2) is 4.98 Å². The predicted octanol–water partition coefficient (Wildman–Crippen LogP) is 0.148. The zero-order valence-corrected chi connectivity index (χ0v) is 5.89. The first-order chi connectivity index (χ1) is 4.86. The second kappa shape index (κ2) is 2.05.